The van der Waals surface area contributed by atoms with Crippen LogP contribution in [0.4, 0.5) is 0 Å². The Bertz CT molecular complexity index is 2140. The molecule has 16 heteroatoms. The van der Waals surface area contributed by atoms with Gasteiger partial charge in [-0.15, -0.1) is 0 Å². The Morgan fingerprint density at radius 2 is 0.566 bits per heavy atom. The first-order valence-corrected chi connectivity index (χ1v) is 35.2. The Morgan fingerprint density at radius 3 is 0.843 bits per heavy atom. The maximum atomic E-state index is 7.70. The van der Waals surface area contributed by atoms with Crippen LogP contribution in [0, 0.1) is 107 Å². The van der Waals surface area contributed by atoms with Crippen LogP contribution in [0.5, 0.6) is 0 Å². The molecular weight excluding hydrogens is 1040 g/mol. The van der Waals surface area contributed by atoms with Crippen molar-refractivity contribution in [1.82, 2.24) is 42.1 Å². The third kappa shape index (κ3) is 10.1. The fourth-order valence-electron chi connectivity index (χ4n) is 24.3. The van der Waals surface area contributed by atoms with E-state index in [-0.39, 0.29) is 146 Å². The van der Waals surface area contributed by atoms with E-state index in [2.05, 4.69) is 57.7 Å². The van der Waals surface area contributed by atoms with E-state index < -0.39 is 0 Å². The molecule has 83 heavy (non-hydrogen) atoms. The fraction of sp³-hybridized carbons (Fsp3) is 1.00. The summed E-state index contributed by atoms with van der Waals surface area (Å²) < 4.78 is 57.5. The molecule has 14 fully saturated rings. The normalized spacial score (nSPS) is 54.5. The van der Waals surface area contributed by atoms with E-state index >= 15 is 0 Å². The summed E-state index contributed by atoms with van der Waals surface area (Å²) in [5.74, 6) is 6.38. The van der Waals surface area contributed by atoms with Crippen LogP contribution < -0.4 is 37.2 Å². The molecule has 5 aliphatic heterocycles. The van der Waals surface area contributed by atoms with Crippen molar-refractivity contribution in [2.75, 3.05) is 62.9 Å². The first-order valence-electron chi connectivity index (χ1n) is 35.2. The van der Waals surface area contributed by atoms with Crippen LogP contribution >= 0.6 is 0 Å². The van der Waals surface area contributed by atoms with Crippen LogP contribution in [-0.2, 0) is 37.9 Å². The molecule has 14 aliphatic rings. The quantitative estimate of drug-likeness (QED) is 0.0861. The monoisotopic (exact) mass is 1160 g/mol. The highest BCUT2D eigenvalue weighted by molar-refractivity contribution is 5.20. The average molecular weight is 1160 g/mol. The van der Waals surface area contributed by atoms with Crippen LogP contribution in [0.3, 0.4) is 0 Å². The number of nitrogens with one attached hydrogen (secondary N) is 7. The second kappa shape index (κ2) is 25.6. The number of rotatable bonds is 14. The van der Waals surface area contributed by atoms with Crippen molar-refractivity contribution in [3.05, 3.63) is 0 Å². The van der Waals surface area contributed by atoms with Crippen molar-refractivity contribution < 1.29 is 37.9 Å². The van der Waals surface area contributed by atoms with E-state index in [0.29, 0.717) is 47.3 Å². The molecule has 16 nitrogen and oxygen atoms in total. The van der Waals surface area contributed by atoms with E-state index in [4.69, 9.17) is 43.2 Å². The van der Waals surface area contributed by atoms with Gasteiger partial charge >= 0.3 is 0 Å². The molecule has 5 saturated heterocycles. The molecule has 5 heterocycles. The molecule has 0 aromatic rings. The Balaban J connectivity index is 0.937. The van der Waals surface area contributed by atoms with Crippen molar-refractivity contribution in [3.8, 4) is 0 Å². The SMILES string of the molecule is CCCCOC1C2CC3CCCCC3CC2C(OCCCC)C2C3NC(NC4NC(NC5NC(NC6C7C(OC)C8CCCCC8C(OC)C7C(N3)N6C)C3C(OC)C6CCCCC6C(OC)C53)C3C(OC)C5CCCCC5C(OC)C43)C12. The van der Waals surface area contributed by atoms with Gasteiger partial charge in [-0.25, -0.2) is 0 Å². The van der Waals surface area contributed by atoms with Crippen LogP contribution in [0.25, 0.3) is 0 Å². The smallest absolute Gasteiger partial charge is 0.0678 e. The van der Waals surface area contributed by atoms with Gasteiger partial charge in [-0.2, -0.15) is 0 Å². The van der Waals surface area contributed by atoms with Gasteiger partial charge in [-0.1, -0.05) is 90.9 Å². The first-order chi connectivity index (χ1) is 40.8. The lowest BCUT2D eigenvalue weighted by atomic mass is 9.54. The van der Waals surface area contributed by atoms with Gasteiger partial charge in [0.25, 0.3) is 0 Å². The van der Waals surface area contributed by atoms with E-state index in [1.165, 1.54) is 116 Å². The second-order valence-corrected chi connectivity index (χ2v) is 30.2. The fourth-order valence-corrected chi connectivity index (χ4v) is 24.3. The molecule has 14 rings (SSSR count). The van der Waals surface area contributed by atoms with Crippen molar-refractivity contribution >= 4 is 0 Å². The molecular formula is C67H116N8O8. The summed E-state index contributed by atoms with van der Waals surface area (Å²) in [4.78, 5) is 2.74. The summed E-state index contributed by atoms with van der Waals surface area (Å²) in [7, 11) is 14.6. The molecule has 0 aromatic carbocycles. The van der Waals surface area contributed by atoms with Gasteiger partial charge in [0.2, 0.25) is 0 Å². The first kappa shape index (κ1) is 60.0. The zero-order valence-electron chi connectivity index (χ0n) is 52.8. The lowest BCUT2D eigenvalue weighted by Gasteiger charge is -2.56. The topological polar surface area (TPSA) is 161 Å². The second-order valence-electron chi connectivity index (χ2n) is 30.2. The number of hydrogen-bond acceptors (Lipinski definition) is 16. The van der Waals surface area contributed by atoms with Crippen LogP contribution in [-0.4, -0.2) is 166 Å². The molecule has 8 bridgehead atoms. The molecule has 0 spiro atoms. The third-order valence-electron chi connectivity index (χ3n) is 27.2. The molecule has 34 atom stereocenters. The summed E-state index contributed by atoms with van der Waals surface area (Å²) in [6, 6.07) is 0. The van der Waals surface area contributed by atoms with Crippen molar-refractivity contribution in [2.45, 2.75) is 253 Å². The zero-order valence-corrected chi connectivity index (χ0v) is 52.8. The minimum absolute atomic E-state index is 0.0131. The lowest BCUT2D eigenvalue weighted by Crippen LogP contribution is -2.64. The molecule has 9 aliphatic carbocycles. The van der Waals surface area contributed by atoms with E-state index in [0.717, 1.165) is 50.7 Å². The van der Waals surface area contributed by atoms with Gasteiger partial charge in [0.15, 0.2) is 0 Å². The van der Waals surface area contributed by atoms with Crippen molar-refractivity contribution in [3.63, 3.8) is 0 Å². The minimum atomic E-state index is -0.0645. The van der Waals surface area contributed by atoms with Gasteiger partial charge < -0.3 is 37.9 Å². The van der Waals surface area contributed by atoms with Gasteiger partial charge in [-0.05, 0) is 130 Å². The maximum Gasteiger partial charge on any atom is 0.0678 e. The standard InChI is InChI=1S/C67H116N8O8/c1-10-12-30-82-58-42-32-34-22-14-15-23-35(34)33-43(42)59(83-31-13-11-2)49-48(58)63-70-61-45-44(52(76-4)36-24-16-17-25-37(36)53(45)77-5)60(68-61)69-62-46-47(55(79-7)39-27-19-18-26-38(39)54(46)78-6)64(71-62)73-66-50-51(67(75(66)3)74-65(49)72-63)57(81-9)41-29-21-20-28-40(41)56(50)80-8/h34-74H,10-33H2,1-9H3. The summed E-state index contributed by atoms with van der Waals surface area (Å²) in [6.45, 7) is 6.27. The summed E-state index contributed by atoms with van der Waals surface area (Å²) in [6.07, 6.45) is 27.4. The number of unbranched alkanes of at least 4 members (excludes halogenated alkanes) is 2. The zero-order chi connectivity index (χ0) is 56.8. The molecule has 0 amide bonds. The van der Waals surface area contributed by atoms with Crippen LogP contribution in [0.2, 0.25) is 0 Å². The van der Waals surface area contributed by atoms with E-state index in [1.54, 1.807) is 0 Å². The Labute approximate surface area is 500 Å². The third-order valence-corrected chi connectivity index (χ3v) is 27.2. The molecule has 7 N–H and O–H groups in total. The Kier molecular flexibility index (Phi) is 18.5. The highest BCUT2D eigenvalue weighted by Crippen LogP contribution is 2.60. The Hall–Kier alpha value is -0.640. The van der Waals surface area contributed by atoms with Crippen LogP contribution in [0.1, 0.15) is 155 Å². The molecule has 9 saturated carbocycles. The van der Waals surface area contributed by atoms with Crippen molar-refractivity contribution in [2.24, 2.45) is 107 Å². The largest absolute Gasteiger partial charge is 0.381 e. The molecule has 472 valence electrons. The van der Waals surface area contributed by atoms with E-state index in [1.807, 2.05) is 42.7 Å². The van der Waals surface area contributed by atoms with Crippen LogP contribution in [0.15, 0.2) is 0 Å². The van der Waals surface area contributed by atoms with Gasteiger partial charge in [0.1, 0.15) is 0 Å². The highest BCUT2D eigenvalue weighted by Gasteiger charge is 2.69. The number of hydrogen-bond donors (Lipinski definition) is 7. The number of nitrogens with zero attached hydrogens (tertiary/aromatic N) is 1. The maximum absolute atomic E-state index is 7.70. The number of ether oxygens (including phenoxy) is 8. The van der Waals surface area contributed by atoms with E-state index in [9.17, 15) is 0 Å². The average Bonchev–Trinajstić information content (AvgIpc) is 2.58. The Morgan fingerprint density at radius 1 is 0.313 bits per heavy atom. The summed E-state index contributed by atoms with van der Waals surface area (Å²) >= 11 is 0. The van der Waals surface area contributed by atoms with Gasteiger partial charge in [-0.3, -0.25) is 42.1 Å². The van der Waals surface area contributed by atoms with Gasteiger partial charge in [0.05, 0.1) is 98.2 Å². The summed E-state index contributed by atoms with van der Waals surface area (Å²) in [5, 5.41) is 32.0. The van der Waals surface area contributed by atoms with Gasteiger partial charge in [0, 0.05) is 103 Å². The predicted molar refractivity (Wildman–Crippen MR) is 320 cm³/mol. The van der Waals surface area contributed by atoms with Crippen molar-refractivity contribution in [1.29, 1.82) is 0 Å². The lowest BCUT2D eigenvalue weighted by molar-refractivity contribution is -0.187. The molecule has 0 radical (unpaired) electrons. The molecule has 0 aromatic heterocycles. The number of fused-ring (bicyclic) bond motifs is 25. The molecule has 34 unspecified atom stereocenters. The number of methoxy groups -OCH3 is 6. The summed E-state index contributed by atoms with van der Waals surface area (Å²) in [5.41, 5.74) is 0. The highest BCUT2D eigenvalue weighted by atomic mass is 16.5. The predicted octanol–water partition coefficient (Wildman–Crippen LogP) is 7.42. The minimum Gasteiger partial charge on any atom is -0.381 e.